The Morgan fingerprint density at radius 3 is 1.79 bits per heavy atom. The van der Waals surface area contributed by atoms with Crippen LogP contribution in [0.3, 0.4) is 0 Å². The number of fused-ring (bicyclic) bond motifs is 1. The fourth-order valence-corrected chi connectivity index (χ4v) is 1.24. The van der Waals surface area contributed by atoms with Gasteiger partial charge < -0.3 is 5.32 Å². The minimum atomic E-state index is 0.864. The Kier molecular flexibility index (Phi) is 8.26. The molecule has 0 amide bonds. The molecule has 0 aromatic carbocycles. The normalized spacial score (nSPS) is 25.3. The third kappa shape index (κ3) is 8.55. The van der Waals surface area contributed by atoms with E-state index in [4.69, 9.17) is 0 Å². The second-order valence-electron chi connectivity index (χ2n) is 4.63. The molecule has 2 aliphatic rings. The van der Waals surface area contributed by atoms with E-state index >= 15 is 0 Å². The molecule has 0 aliphatic heterocycles. The van der Waals surface area contributed by atoms with Crippen LogP contribution in [0, 0.1) is 17.8 Å². The highest BCUT2D eigenvalue weighted by molar-refractivity contribution is 5.02. The van der Waals surface area contributed by atoms with Crippen LogP contribution in [0.15, 0.2) is 0 Å². The van der Waals surface area contributed by atoms with Gasteiger partial charge in [0.2, 0.25) is 0 Å². The Hall–Kier alpha value is -0.0400. The van der Waals surface area contributed by atoms with Crippen molar-refractivity contribution in [1.82, 2.24) is 5.32 Å². The van der Waals surface area contributed by atoms with E-state index in [0.29, 0.717) is 0 Å². The minimum absolute atomic E-state index is 0.864. The van der Waals surface area contributed by atoms with E-state index in [0.717, 1.165) is 12.5 Å². The molecule has 0 heterocycles. The van der Waals surface area contributed by atoms with Crippen molar-refractivity contribution in [2.75, 3.05) is 13.6 Å². The SMILES string of the molecule is C1C2CC12.CC.CNCCCC(C)C. The quantitative estimate of drug-likeness (QED) is 0.681. The van der Waals surface area contributed by atoms with Gasteiger partial charge in [-0.1, -0.05) is 27.7 Å². The fourth-order valence-electron chi connectivity index (χ4n) is 1.24. The lowest BCUT2D eigenvalue weighted by Crippen LogP contribution is -2.08. The first-order valence-corrected chi connectivity index (χ1v) is 6.38. The number of hydrogen-bond acceptors (Lipinski definition) is 1. The average molecular weight is 199 g/mol. The van der Waals surface area contributed by atoms with E-state index < -0.39 is 0 Å². The minimum Gasteiger partial charge on any atom is -0.320 e. The van der Waals surface area contributed by atoms with Crippen molar-refractivity contribution in [3.8, 4) is 0 Å². The molecule has 0 bridgehead atoms. The Morgan fingerprint density at radius 2 is 1.57 bits per heavy atom. The largest absolute Gasteiger partial charge is 0.320 e. The van der Waals surface area contributed by atoms with E-state index in [2.05, 4.69) is 19.2 Å². The van der Waals surface area contributed by atoms with Gasteiger partial charge in [0.25, 0.3) is 0 Å². The summed E-state index contributed by atoms with van der Waals surface area (Å²) in [6, 6.07) is 0. The Balaban J connectivity index is 0.000000227. The topological polar surface area (TPSA) is 12.0 Å². The summed E-state index contributed by atoms with van der Waals surface area (Å²) in [5.74, 6) is 3.36. The highest BCUT2D eigenvalue weighted by Crippen LogP contribution is 2.62. The molecular formula is C13H29N. The molecule has 0 aromatic heterocycles. The van der Waals surface area contributed by atoms with Crippen molar-refractivity contribution in [2.45, 2.75) is 53.4 Å². The van der Waals surface area contributed by atoms with Crippen LogP contribution >= 0.6 is 0 Å². The zero-order chi connectivity index (χ0) is 11.0. The van der Waals surface area contributed by atoms with Gasteiger partial charge in [-0.15, -0.1) is 0 Å². The predicted molar refractivity (Wildman–Crippen MR) is 65.6 cm³/mol. The molecule has 0 atom stereocenters. The summed E-state index contributed by atoms with van der Waals surface area (Å²) in [4.78, 5) is 0. The molecule has 0 unspecified atom stereocenters. The molecule has 0 saturated heterocycles. The molecule has 1 heteroatoms. The van der Waals surface area contributed by atoms with Crippen LogP contribution in [0.25, 0.3) is 0 Å². The van der Waals surface area contributed by atoms with Crippen LogP contribution in [-0.4, -0.2) is 13.6 Å². The zero-order valence-corrected chi connectivity index (χ0v) is 10.8. The van der Waals surface area contributed by atoms with Crippen molar-refractivity contribution in [3.05, 3.63) is 0 Å². The molecule has 1 nitrogen and oxygen atoms in total. The van der Waals surface area contributed by atoms with E-state index in [1.165, 1.54) is 24.7 Å². The fraction of sp³-hybridized carbons (Fsp3) is 1.00. The van der Waals surface area contributed by atoms with Crippen molar-refractivity contribution >= 4 is 0 Å². The number of hydrogen-bond donors (Lipinski definition) is 1. The lowest BCUT2D eigenvalue weighted by Gasteiger charge is -2.01. The standard InChI is InChI=1S/C7H17N.C4H6.C2H6/c1-7(2)5-4-6-8-3;1-3-2-4(1)3;1-2/h7-8H,4-6H2,1-3H3;3-4H,1-2H2;1-2H3. The Morgan fingerprint density at radius 1 is 1.14 bits per heavy atom. The van der Waals surface area contributed by atoms with Gasteiger partial charge in [-0.05, 0) is 57.0 Å². The van der Waals surface area contributed by atoms with Gasteiger partial charge in [-0.25, -0.2) is 0 Å². The lowest BCUT2D eigenvalue weighted by atomic mass is 10.1. The third-order valence-electron chi connectivity index (χ3n) is 2.68. The van der Waals surface area contributed by atoms with Crippen molar-refractivity contribution < 1.29 is 0 Å². The monoisotopic (exact) mass is 199 g/mol. The first-order chi connectivity index (χ1) is 6.74. The molecular weight excluding hydrogens is 170 g/mol. The Labute approximate surface area is 90.7 Å². The Bertz CT molecular complexity index is 108. The van der Waals surface area contributed by atoms with Gasteiger partial charge in [0.05, 0.1) is 0 Å². The van der Waals surface area contributed by atoms with Gasteiger partial charge in [-0.2, -0.15) is 0 Å². The predicted octanol–water partition coefficient (Wildman–Crippen LogP) is 3.69. The summed E-state index contributed by atoms with van der Waals surface area (Å²) in [5, 5.41) is 3.12. The average Bonchev–Trinajstić information content (AvgIpc) is 2.96. The number of rotatable bonds is 4. The van der Waals surface area contributed by atoms with Gasteiger partial charge in [0.15, 0.2) is 0 Å². The molecule has 2 fully saturated rings. The van der Waals surface area contributed by atoms with E-state index in [-0.39, 0.29) is 0 Å². The molecule has 86 valence electrons. The highest BCUT2D eigenvalue weighted by Gasteiger charge is 2.52. The summed E-state index contributed by atoms with van der Waals surface area (Å²) in [6.45, 7) is 9.68. The summed E-state index contributed by atoms with van der Waals surface area (Å²) in [6.07, 6.45) is 5.83. The smallest absolute Gasteiger partial charge is 0.00518 e. The second kappa shape index (κ2) is 8.28. The highest BCUT2D eigenvalue weighted by atomic mass is 14.8. The maximum Gasteiger partial charge on any atom is -0.00518 e. The van der Waals surface area contributed by atoms with Crippen LogP contribution < -0.4 is 5.32 Å². The van der Waals surface area contributed by atoms with Crippen molar-refractivity contribution in [2.24, 2.45) is 17.8 Å². The summed E-state index contributed by atoms with van der Waals surface area (Å²) >= 11 is 0. The van der Waals surface area contributed by atoms with Crippen LogP contribution in [0.5, 0.6) is 0 Å². The van der Waals surface area contributed by atoms with Crippen LogP contribution in [-0.2, 0) is 0 Å². The third-order valence-corrected chi connectivity index (χ3v) is 2.68. The molecule has 14 heavy (non-hydrogen) atoms. The second-order valence-corrected chi connectivity index (χ2v) is 4.63. The van der Waals surface area contributed by atoms with Gasteiger partial charge in [0.1, 0.15) is 0 Å². The van der Waals surface area contributed by atoms with Gasteiger partial charge in [-0.3, -0.25) is 0 Å². The van der Waals surface area contributed by atoms with Crippen molar-refractivity contribution in [3.63, 3.8) is 0 Å². The molecule has 0 radical (unpaired) electrons. The first kappa shape index (κ1) is 14.0. The molecule has 2 aliphatic carbocycles. The van der Waals surface area contributed by atoms with E-state index in [1.807, 2.05) is 20.9 Å². The van der Waals surface area contributed by atoms with E-state index in [9.17, 15) is 0 Å². The van der Waals surface area contributed by atoms with Gasteiger partial charge >= 0.3 is 0 Å². The molecule has 0 spiro atoms. The zero-order valence-electron chi connectivity index (χ0n) is 10.8. The molecule has 2 rings (SSSR count). The van der Waals surface area contributed by atoms with E-state index in [1.54, 1.807) is 12.8 Å². The summed E-state index contributed by atoms with van der Waals surface area (Å²) in [7, 11) is 2.00. The maximum absolute atomic E-state index is 3.12. The summed E-state index contributed by atoms with van der Waals surface area (Å²) in [5.41, 5.74) is 0. The van der Waals surface area contributed by atoms with Crippen LogP contribution in [0.1, 0.15) is 53.4 Å². The van der Waals surface area contributed by atoms with Crippen LogP contribution in [0.2, 0.25) is 0 Å². The molecule has 0 aromatic rings. The lowest BCUT2D eigenvalue weighted by molar-refractivity contribution is 0.543. The van der Waals surface area contributed by atoms with Crippen LogP contribution in [0.4, 0.5) is 0 Å². The molecule has 1 N–H and O–H groups in total. The summed E-state index contributed by atoms with van der Waals surface area (Å²) < 4.78 is 0. The maximum atomic E-state index is 3.12. The van der Waals surface area contributed by atoms with Crippen molar-refractivity contribution in [1.29, 1.82) is 0 Å². The van der Waals surface area contributed by atoms with Gasteiger partial charge in [0, 0.05) is 0 Å². The number of nitrogens with one attached hydrogen (secondary N) is 1. The molecule has 2 saturated carbocycles. The first-order valence-electron chi connectivity index (χ1n) is 6.38.